The lowest BCUT2D eigenvalue weighted by Crippen LogP contribution is -2.13. The van der Waals surface area contributed by atoms with Crippen LogP contribution in [0, 0.1) is 6.92 Å². The van der Waals surface area contributed by atoms with E-state index in [0.717, 1.165) is 5.82 Å². The van der Waals surface area contributed by atoms with Gasteiger partial charge in [-0.05, 0) is 19.1 Å². The third-order valence-corrected chi connectivity index (χ3v) is 2.91. The second kappa shape index (κ2) is 5.49. The summed E-state index contributed by atoms with van der Waals surface area (Å²) in [7, 11) is 0. The van der Waals surface area contributed by atoms with Crippen molar-refractivity contribution in [3.8, 4) is 5.82 Å². The van der Waals surface area contributed by atoms with Crippen LogP contribution in [0.15, 0.2) is 49.3 Å². The zero-order valence-corrected chi connectivity index (χ0v) is 11.3. The predicted octanol–water partition coefficient (Wildman–Crippen LogP) is 1.62. The van der Waals surface area contributed by atoms with Crippen LogP contribution in [0.1, 0.15) is 16.2 Å². The highest BCUT2D eigenvalue weighted by molar-refractivity contribution is 6.03. The molecule has 0 radical (unpaired) electrons. The van der Waals surface area contributed by atoms with Crippen molar-refractivity contribution in [3.05, 3.63) is 60.7 Å². The van der Waals surface area contributed by atoms with Crippen LogP contribution in [0.5, 0.6) is 0 Å². The van der Waals surface area contributed by atoms with Gasteiger partial charge in [0.15, 0.2) is 0 Å². The second-order valence-corrected chi connectivity index (χ2v) is 4.30. The molecule has 1 N–H and O–H groups in total. The lowest BCUT2D eigenvalue weighted by Gasteiger charge is -2.07. The van der Waals surface area contributed by atoms with Crippen molar-refractivity contribution in [1.29, 1.82) is 0 Å². The van der Waals surface area contributed by atoms with Crippen LogP contribution in [0.2, 0.25) is 0 Å². The van der Waals surface area contributed by atoms with Gasteiger partial charge in [-0.3, -0.25) is 14.3 Å². The molecular weight excluding hydrogens is 268 g/mol. The fourth-order valence-electron chi connectivity index (χ4n) is 1.86. The normalized spacial score (nSPS) is 10.3. The van der Waals surface area contributed by atoms with Crippen LogP contribution in [0.25, 0.3) is 5.82 Å². The molecule has 0 saturated heterocycles. The van der Waals surface area contributed by atoms with Crippen molar-refractivity contribution in [3.63, 3.8) is 0 Å². The van der Waals surface area contributed by atoms with Gasteiger partial charge in [0.1, 0.15) is 23.8 Å². The van der Waals surface area contributed by atoms with Gasteiger partial charge >= 0.3 is 0 Å². The average molecular weight is 280 g/mol. The molecule has 7 nitrogen and oxygen atoms in total. The number of hydrogen-bond acceptors (Lipinski definition) is 5. The Morgan fingerprint density at radius 3 is 2.67 bits per heavy atom. The molecule has 0 unspecified atom stereocenters. The summed E-state index contributed by atoms with van der Waals surface area (Å²) < 4.78 is 1.81. The maximum absolute atomic E-state index is 12.1. The molecule has 3 aromatic heterocycles. The Labute approximate surface area is 120 Å². The fraction of sp³-hybridized carbons (Fsp3) is 0.0714. The molecule has 0 atom stereocenters. The van der Waals surface area contributed by atoms with Crippen LogP contribution in [-0.4, -0.2) is 30.4 Å². The number of rotatable bonds is 3. The number of amides is 1. The Kier molecular flexibility index (Phi) is 3.38. The molecule has 0 saturated carbocycles. The maximum atomic E-state index is 12.1. The first kappa shape index (κ1) is 12.9. The van der Waals surface area contributed by atoms with Crippen molar-refractivity contribution < 1.29 is 4.79 Å². The molecule has 0 bridgehead atoms. The van der Waals surface area contributed by atoms with Crippen LogP contribution in [0.3, 0.4) is 0 Å². The van der Waals surface area contributed by atoms with E-state index in [2.05, 4.69) is 25.3 Å². The molecule has 0 spiro atoms. The summed E-state index contributed by atoms with van der Waals surface area (Å²) >= 11 is 0. The van der Waals surface area contributed by atoms with Crippen molar-refractivity contribution in [2.24, 2.45) is 0 Å². The monoisotopic (exact) mass is 280 g/mol. The number of pyridine rings is 1. The summed E-state index contributed by atoms with van der Waals surface area (Å²) in [6, 6.07) is 4.96. The molecule has 21 heavy (non-hydrogen) atoms. The SMILES string of the molecule is Cc1nccn1-c1cc(NC(=O)c2ccncc2)ncn1. The lowest BCUT2D eigenvalue weighted by atomic mass is 10.2. The number of nitrogens with one attached hydrogen (secondary N) is 1. The quantitative estimate of drug-likeness (QED) is 0.788. The number of hydrogen-bond donors (Lipinski definition) is 1. The summed E-state index contributed by atoms with van der Waals surface area (Å²) in [4.78, 5) is 28.3. The third kappa shape index (κ3) is 2.76. The molecule has 0 fully saturated rings. The molecule has 104 valence electrons. The van der Waals surface area contributed by atoms with E-state index in [1.54, 1.807) is 43.0 Å². The smallest absolute Gasteiger partial charge is 0.256 e. The summed E-state index contributed by atoms with van der Waals surface area (Å²) in [5.41, 5.74) is 0.518. The van der Waals surface area contributed by atoms with Gasteiger partial charge in [-0.2, -0.15) is 0 Å². The van der Waals surface area contributed by atoms with Crippen LogP contribution in [-0.2, 0) is 0 Å². The first-order chi connectivity index (χ1) is 10.2. The van der Waals surface area contributed by atoms with Crippen molar-refractivity contribution in [2.75, 3.05) is 5.32 Å². The summed E-state index contributed by atoms with van der Waals surface area (Å²) in [5, 5.41) is 2.73. The van der Waals surface area contributed by atoms with Crippen molar-refractivity contribution in [1.82, 2.24) is 24.5 Å². The summed E-state index contributed by atoms with van der Waals surface area (Å²) in [6.45, 7) is 1.87. The minimum absolute atomic E-state index is 0.246. The molecule has 7 heteroatoms. The third-order valence-electron chi connectivity index (χ3n) is 2.91. The van der Waals surface area contributed by atoms with Crippen molar-refractivity contribution in [2.45, 2.75) is 6.92 Å². The lowest BCUT2D eigenvalue weighted by molar-refractivity contribution is 0.102. The Morgan fingerprint density at radius 2 is 1.95 bits per heavy atom. The van der Waals surface area contributed by atoms with Gasteiger partial charge in [0.25, 0.3) is 5.91 Å². The molecule has 0 aliphatic carbocycles. The Balaban J connectivity index is 1.84. The topological polar surface area (TPSA) is 85.6 Å². The number of imidazole rings is 1. The standard InChI is InChI=1S/C14H12N6O/c1-10-16-6-7-20(10)13-8-12(17-9-18-13)19-14(21)11-2-4-15-5-3-11/h2-9H,1H3,(H,17,18,19,21). The molecule has 0 aromatic carbocycles. The van der Waals surface area contributed by atoms with Crippen LogP contribution < -0.4 is 5.32 Å². The highest BCUT2D eigenvalue weighted by Gasteiger charge is 2.08. The number of nitrogens with zero attached hydrogens (tertiary/aromatic N) is 5. The van der Waals surface area contributed by atoms with Gasteiger partial charge in [0.05, 0.1) is 0 Å². The van der Waals surface area contributed by atoms with Gasteiger partial charge in [0, 0.05) is 36.4 Å². The Bertz CT molecular complexity index is 768. The van der Waals surface area contributed by atoms with Gasteiger partial charge < -0.3 is 5.32 Å². The fourth-order valence-corrected chi connectivity index (χ4v) is 1.86. The van der Waals surface area contributed by atoms with Crippen LogP contribution >= 0.6 is 0 Å². The van der Waals surface area contributed by atoms with E-state index in [4.69, 9.17) is 0 Å². The molecule has 0 aliphatic heterocycles. The molecule has 3 heterocycles. The number of carbonyl (C=O) groups excluding carboxylic acids is 1. The van der Waals surface area contributed by atoms with Gasteiger partial charge in [0.2, 0.25) is 0 Å². The maximum Gasteiger partial charge on any atom is 0.256 e. The van der Waals surface area contributed by atoms with E-state index in [9.17, 15) is 4.79 Å². The van der Waals surface area contributed by atoms with E-state index >= 15 is 0 Å². The van der Waals surface area contributed by atoms with Gasteiger partial charge in [-0.15, -0.1) is 0 Å². The van der Waals surface area contributed by atoms with Gasteiger partial charge in [-0.25, -0.2) is 15.0 Å². The van der Waals surface area contributed by atoms with Gasteiger partial charge in [-0.1, -0.05) is 0 Å². The molecule has 3 rings (SSSR count). The van der Waals surface area contributed by atoms with Crippen molar-refractivity contribution >= 4 is 11.7 Å². The number of aryl methyl sites for hydroxylation is 1. The van der Waals surface area contributed by atoms with E-state index in [-0.39, 0.29) is 5.91 Å². The molecule has 1 amide bonds. The zero-order valence-electron chi connectivity index (χ0n) is 11.3. The number of carbonyl (C=O) groups is 1. The van der Waals surface area contributed by atoms with E-state index < -0.39 is 0 Å². The average Bonchev–Trinajstić information content (AvgIpc) is 2.94. The largest absolute Gasteiger partial charge is 0.306 e. The zero-order chi connectivity index (χ0) is 14.7. The first-order valence-electron chi connectivity index (χ1n) is 6.28. The van der Waals surface area contributed by atoms with E-state index in [1.165, 1.54) is 6.33 Å². The second-order valence-electron chi connectivity index (χ2n) is 4.30. The molecule has 3 aromatic rings. The predicted molar refractivity (Wildman–Crippen MR) is 76.1 cm³/mol. The molecular formula is C14H12N6O. The Morgan fingerprint density at radius 1 is 1.14 bits per heavy atom. The summed E-state index contributed by atoms with van der Waals surface area (Å²) in [6.07, 6.45) is 8.01. The minimum Gasteiger partial charge on any atom is -0.306 e. The highest BCUT2D eigenvalue weighted by Crippen LogP contribution is 2.11. The number of aromatic nitrogens is 5. The number of anilines is 1. The summed E-state index contributed by atoms with van der Waals surface area (Å²) in [5.74, 6) is 1.63. The minimum atomic E-state index is -0.246. The van der Waals surface area contributed by atoms with E-state index in [0.29, 0.717) is 17.2 Å². The van der Waals surface area contributed by atoms with Crippen LogP contribution in [0.4, 0.5) is 5.82 Å². The highest BCUT2D eigenvalue weighted by atomic mass is 16.1. The molecule has 0 aliphatic rings. The Hall–Kier alpha value is -3.09. The first-order valence-corrected chi connectivity index (χ1v) is 6.28. The van der Waals surface area contributed by atoms with E-state index in [1.807, 2.05) is 11.5 Å².